The number of hydrogen-bond donors (Lipinski definition) is 0. The maximum Gasteiger partial charge on any atom is 0.0541 e. The van der Waals surface area contributed by atoms with Gasteiger partial charge in [0.05, 0.1) is 11.0 Å². The molecule has 0 fully saturated rings. The molecule has 0 spiro atoms. The maximum absolute atomic E-state index is 2.53. The summed E-state index contributed by atoms with van der Waals surface area (Å²) in [5.41, 5.74) is 27.5. The zero-order valence-corrected chi connectivity index (χ0v) is 56.6. The molecule has 0 atom stereocenters. The van der Waals surface area contributed by atoms with E-state index in [1.807, 2.05) is 22.7 Å². The minimum Gasteiger partial charge on any atom is -0.309 e. The van der Waals surface area contributed by atoms with Crippen molar-refractivity contribution in [3.63, 3.8) is 0 Å². The van der Waals surface area contributed by atoms with E-state index in [9.17, 15) is 0 Å². The Kier molecular flexibility index (Phi) is 14.0. The van der Waals surface area contributed by atoms with Crippen LogP contribution in [0.4, 0.5) is 0 Å². The number of thiophene rings is 2. The number of nitrogens with zero attached hydrogens (tertiary/aromatic N) is 1. The highest BCUT2D eigenvalue weighted by atomic mass is 32.1. The fraction of sp³-hybridized carbons (Fsp3) is 0. The molecule has 1 nitrogen and oxygen atoms in total. The summed E-state index contributed by atoms with van der Waals surface area (Å²) in [5.74, 6) is 0. The molecule has 0 aliphatic rings. The highest BCUT2D eigenvalue weighted by Crippen LogP contribution is 2.52. The van der Waals surface area contributed by atoms with E-state index >= 15 is 0 Å². The van der Waals surface area contributed by atoms with Crippen LogP contribution in [0.1, 0.15) is 0 Å². The normalized spacial score (nSPS) is 11.8. The molecule has 20 aromatic rings. The van der Waals surface area contributed by atoms with Crippen molar-refractivity contribution in [2.75, 3.05) is 0 Å². The quantitative estimate of drug-likeness (QED) is 0.114. The smallest absolute Gasteiger partial charge is 0.0541 e. The fourth-order valence-electron chi connectivity index (χ4n) is 16.0. The molecule has 470 valence electrons. The third-order valence-electron chi connectivity index (χ3n) is 20.7. The first kappa shape index (κ1) is 58.6. The summed E-state index contributed by atoms with van der Waals surface area (Å²) in [6.45, 7) is 0. The minimum atomic E-state index is 1.10. The molecule has 3 heterocycles. The molecule has 0 N–H and O–H groups in total. The van der Waals surface area contributed by atoms with Crippen molar-refractivity contribution in [3.05, 3.63) is 370 Å². The SMILES string of the molecule is c1ccc(-c2cc(-c3ccccc3)c3sc4c(-c5ccc6c(c5)c5cc(-c7cc(-c8ccccc8)cc8c7sc7c(-c9ccccc9)cc(-c9ccccc9)cc78)ccc5n6-c5cccc(-c6c7ccccc7c(-c7ccccc7)c7ccccc67)c5)cc(-c5ccccc5)cc4c3c2)cc1. The molecule has 20 rings (SSSR count). The third kappa shape index (κ3) is 9.95. The lowest BCUT2D eigenvalue weighted by atomic mass is 9.86. The number of aromatic nitrogens is 1. The predicted octanol–water partition coefficient (Wildman–Crippen LogP) is 28.5. The lowest BCUT2D eigenvalue weighted by Crippen LogP contribution is -1.96. The summed E-state index contributed by atoms with van der Waals surface area (Å²) < 4.78 is 7.64. The summed E-state index contributed by atoms with van der Waals surface area (Å²) in [7, 11) is 0. The van der Waals surface area contributed by atoms with E-state index in [2.05, 4.69) is 375 Å². The fourth-order valence-corrected chi connectivity index (χ4v) is 18.7. The second-order valence-electron chi connectivity index (χ2n) is 26.6. The van der Waals surface area contributed by atoms with Gasteiger partial charge in [0.15, 0.2) is 0 Å². The van der Waals surface area contributed by atoms with Crippen LogP contribution in [-0.4, -0.2) is 4.57 Å². The van der Waals surface area contributed by atoms with Gasteiger partial charge in [-0.2, -0.15) is 0 Å². The van der Waals surface area contributed by atoms with Crippen molar-refractivity contribution in [2.45, 2.75) is 0 Å². The molecule has 101 heavy (non-hydrogen) atoms. The number of hydrogen-bond acceptors (Lipinski definition) is 2. The van der Waals surface area contributed by atoms with Crippen LogP contribution in [0.5, 0.6) is 0 Å². The Labute approximate surface area is 593 Å². The Morgan fingerprint density at radius 3 is 0.762 bits per heavy atom. The standard InChI is InChI=1S/C98H61NS2/c1-8-27-62(28-9-1)72-54-81(66-35-16-5-17-36-66)95-87(58-72)89-60-74(64-31-12-3-13-32-64)56-83(97(89)100-95)69-47-49-91-85(52-69)86-53-70(48-50-92(86)99(91)76-42-26-41-71(51-76)94-79-45-24-22-43-77(79)93(68-39-20-7-21-40-68)78-44-23-25-46-80(78)94)84-57-75(65-33-14-4-15-34-65)61-90-88-59-73(63-29-10-2-11-30-63)55-82(96(88)101-98(84)90)67-37-18-6-19-38-67/h1-61H. The van der Waals surface area contributed by atoms with Gasteiger partial charge in [-0.3, -0.25) is 0 Å². The first-order chi connectivity index (χ1) is 50.1. The maximum atomic E-state index is 2.53. The van der Waals surface area contributed by atoms with Gasteiger partial charge in [-0.15, -0.1) is 22.7 Å². The molecule has 0 bridgehead atoms. The zero-order chi connectivity index (χ0) is 66.5. The lowest BCUT2D eigenvalue weighted by Gasteiger charge is -2.18. The van der Waals surface area contributed by atoms with Crippen LogP contribution in [0.15, 0.2) is 370 Å². The van der Waals surface area contributed by atoms with Crippen molar-refractivity contribution < 1.29 is 0 Å². The van der Waals surface area contributed by atoms with E-state index < -0.39 is 0 Å². The van der Waals surface area contributed by atoms with Gasteiger partial charge < -0.3 is 4.57 Å². The largest absolute Gasteiger partial charge is 0.309 e. The van der Waals surface area contributed by atoms with Crippen molar-refractivity contribution in [1.29, 1.82) is 0 Å². The number of benzene rings is 17. The van der Waals surface area contributed by atoms with Crippen LogP contribution in [0, 0.1) is 0 Å². The van der Waals surface area contributed by atoms with Crippen LogP contribution in [0.3, 0.4) is 0 Å². The summed E-state index contributed by atoms with van der Waals surface area (Å²) in [6, 6.07) is 138. The summed E-state index contributed by atoms with van der Waals surface area (Å²) in [6.07, 6.45) is 0. The highest BCUT2D eigenvalue weighted by molar-refractivity contribution is 7.27. The summed E-state index contributed by atoms with van der Waals surface area (Å²) in [4.78, 5) is 0. The van der Waals surface area contributed by atoms with Crippen LogP contribution in [0.25, 0.3) is 201 Å². The average Bonchev–Trinajstić information content (AvgIpc) is 1.63. The second-order valence-corrected chi connectivity index (χ2v) is 28.6. The Morgan fingerprint density at radius 1 is 0.158 bits per heavy atom. The number of rotatable bonds is 11. The van der Waals surface area contributed by atoms with Crippen molar-refractivity contribution in [1.82, 2.24) is 4.57 Å². The first-order valence-electron chi connectivity index (χ1n) is 34.7. The lowest BCUT2D eigenvalue weighted by molar-refractivity contribution is 1.18. The Bertz CT molecular complexity index is 6270. The molecule has 17 aromatic carbocycles. The molecule has 0 amide bonds. The van der Waals surface area contributed by atoms with Crippen LogP contribution < -0.4 is 0 Å². The van der Waals surface area contributed by atoms with Gasteiger partial charge in [-0.25, -0.2) is 0 Å². The van der Waals surface area contributed by atoms with Gasteiger partial charge in [-0.1, -0.05) is 285 Å². The molecule has 0 aliphatic carbocycles. The molecule has 0 unspecified atom stereocenters. The molecule has 0 saturated carbocycles. The van der Waals surface area contributed by atoms with Crippen LogP contribution in [-0.2, 0) is 0 Å². The summed E-state index contributed by atoms with van der Waals surface area (Å²) in [5, 5.41) is 12.4. The van der Waals surface area contributed by atoms with Crippen molar-refractivity contribution in [3.8, 4) is 117 Å². The summed E-state index contributed by atoms with van der Waals surface area (Å²) >= 11 is 3.84. The van der Waals surface area contributed by atoms with Gasteiger partial charge in [-0.05, 0) is 195 Å². The predicted molar refractivity (Wildman–Crippen MR) is 436 cm³/mol. The monoisotopic (exact) mass is 1320 g/mol. The molecule has 0 radical (unpaired) electrons. The van der Waals surface area contributed by atoms with E-state index in [1.54, 1.807) is 0 Å². The van der Waals surface area contributed by atoms with E-state index in [4.69, 9.17) is 0 Å². The molecule has 0 aliphatic heterocycles. The van der Waals surface area contributed by atoms with Gasteiger partial charge in [0, 0.05) is 79.1 Å². The van der Waals surface area contributed by atoms with E-state index in [1.165, 1.54) is 184 Å². The van der Waals surface area contributed by atoms with E-state index in [-0.39, 0.29) is 0 Å². The van der Waals surface area contributed by atoms with Gasteiger partial charge in [0.25, 0.3) is 0 Å². The average molecular weight is 1320 g/mol. The Balaban J connectivity index is 0.860. The molecule has 0 saturated heterocycles. The second kappa shape index (κ2) is 24.2. The zero-order valence-electron chi connectivity index (χ0n) is 55.0. The van der Waals surface area contributed by atoms with Crippen LogP contribution >= 0.6 is 22.7 Å². The van der Waals surface area contributed by atoms with E-state index in [0.717, 1.165) is 16.7 Å². The van der Waals surface area contributed by atoms with Crippen molar-refractivity contribution in [2.24, 2.45) is 0 Å². The first-order valence-corrected chi connectivity index (χ1v) is 36.3. The number of fused-ring (bicyclic) bond motifs is 11. The highest BCUT2D eigenvalue weighted by Gasteiger charge is 2.25. The van der Waals surface area contributed by atoms with Gasteiger partial charge >= 0.3 is 0 Å². The topological polar surface area (TPSA) is 4.93 Å². The molecule has 3 aromatic heterocycles. The minimum absolute atomic E-state index is 1.10. The van der Waals surface area contributed by atoms with Gasteiger partial charge in [0.2, 0.25) is 0 Å². The van der Waals surface area contributed by atoms with Gasteiger partial charge in [0.1, 0.15) is 0 Å². The van der Waals surface area contributed by atoms with Crippen LogP contribution in [0.2, 0.25) is 0 Å². The molecule has 3 heteroatoms. The van der Waals surface area contributed by atoms with Crippen molar-refractivity contribution >= 4 is 106 Å². The Morgan fingerprint density at radius 2 is 0.426 bits per heavy atom. The molecular weight excluding hydrogens is 1260 g/mol. The molecular formula is C98H61NS2. The van der Waals surface area contributed by atoms with E-state index in [0.29, 0.717) is 0 Å². The Hall–Kier alpha value is -12.5. The third-order valence-corrected chi connectivity index (χ3v) is 23.3.